The second kappa shape index (κ2) is 7.41. The number of carbonyl (C=O) groups excluding carboxylic acids is 2. The smallest absolute Gasteiger partial charge is 0.306 e. The van der Waals surface area contributed by atoms with Gasteiger partial charge < -0.3 is 14.9 Å². The zero-order chi connectivity index (χ0) is 14.3. The van der Waals surface area contributed by atoms with Crippen molar-refractivity contribution in [2.45, 2.75) is 32.6 Å². The summed E-state index contributed by atoms with van der Waals surface area (Å²) >= 11 is 0. The van der Waals surface area contributed by atoms with Gasteiger partial charge in [0.1, 0.15) is 11.5 Å². The Morgan fingerprint density at radius 1 is 1.21 bits per heavy atom. The number of benzene rings is 1. The summed E-state index contributed by atoms with van der Waals surface area (Å²) < 4.78 is 4.82. The SMILES string of the molecule is CCCCCC(=O)OCC(=O)c1cc(O)ccc1O. The van der Waals surface area contributed by atoms with Gasteiger partial charge in [-0.05, 0) is 24.6 Å². The summed E-state index contributed by atoms with van der Waals surface area (Å²) in [4.78, 5) is 23.0. The van der Waals surface area contributed by atoms with Crippen LogP contribution in [0.15, 0.2) is 18.2 Å². The Morgan fingerprint density at radius 2 is 1.95 bits per heavy atom. The van der Waals surface area contributed by atoms with Crippen LogP contribution in [0.5, 0.6) is 11.5 Å². The molecule has 0 aliphatic rings. The van der Waals surface area contributed by atoms with Crippen LogP contribution in [-0.2, 0) is 9.53 Å². The van der Waals surface area contributed by atoms with E-state index in [1.807, 2.05) is 6.92 Å². The van der Waals surface area contributed by atoms with Gasteiger partial charge in [-0.15, -0.1) is 0 Å². The standard InChI is InChI=1S/C14H18O5/c1-2-3-4-5-14(18)19-9-13(17)11-8-10(15)6-7-12(11)16/h6-8,15-16H,2-5,9H2,1H3. The molecule has 104 valence electrons. The minimum absolute atomic E-state index is 0.0543. The lowest BCUT2D eigenvalue weighted by atomic mass is 10.1. The predicted octanol–water partition coefficient (Wildman–Crippen LogP) is 2.40. The van der Waals surface area contributed by atoms with Crippen molar-refractivity contribution in [1.29, 1.82) is 0 Å². The summed E-state index contributed by atoms with van der Waals surface area (Å²) in [5.41, 5.74) is -0.0543. The van der Waals surface area contributed by atoms with Crippen molar-refractivity contribution in [2.75, 3.05) is 6.61 Å². The molecule has 19 heavy (non-hydrogen) atoms. The van der Waals surface area contributed by atoms with Crippen LogP contribution in [0.4, 0.5) is 0 Å². The number of rotatable bonds is 7. The maximum atomic E-state index is 11.7. The number of ether oxygens (including phenoxy) is 1. The highest BCUT2D eigenvalue weighted by atomic mass is 16.5. The van der Waals surface area contributed by atoms with Crippen LogP contribution in [0.2, 0.25) is 0 Å². The second-order valence-corrected chi connectivity index (χ2v) is 4.24. The number of esters is 1. The van der Waals surface area contributed by atoms with E-state index < -0.39 is 18.4 Å². The molecule has 0 radical (unpaired) electrons. The summed E-state index contributed by atoms with van der Waals surface area (Å²) in [6.07, 6.45) is 2.97. The molecule has 1 aromatic carbocycles. The van der Waals surface area contributed by atoms with Gasteiger partial charge in [-0.25, -0.2) is 0 Å². The number of unbranched alkanes of at least 4 members (excludes halogenated alkanes) is 2. The molecule has 1 aromatic rings. The van der Waals surface area contributed by atoms with Gasteiger partial charge in [0.2, 0.25) is 5.78 Å². The molecule has 0 saturated heterocycles. The largest absolute Gasteiger partial charge is 0.508 e. The monoisotopic (exact) mass is 266 g/mol. The van der Waals surface area contributed by atoms with Crippen molar-refractivity contribution < 1.29 is 24.5 Å². The molecule has 0 unspecified atom stereocenters. The fourth-order valence-corrected chi connectivity index (χ4v) is 1.56. The molecule has 0 aromatic heterocycles. The molecule has 0 amide bonds. The van der Waals surface area contributed by atoms with Gasteiger partial charge >= 0.3 is 5.97 Å². The van der Waals surface area contributed by atoms with Gasteiger partial charge in [-0.3, -0.25) is 9.59 Å². The van der Waals surface area contributed by atoms with E-state index in [1.54, 1.807) is 0 Å². The highest BCUT2D eigenvalue weighted by molar-refractivity contribution is 6.00. The Bertz CT molecular complexity index is 453. The number of phenolic OH excluding ortho intramolecular Hbond substituents is 2. The summed E-state index contributed by atoms with van der Waals surface area (Å²) in [5.74, 6) is -1.35. The number of ketones is 1. The van der Waals surface area contributed by atoms with Gasteiger partial charge in [0.25, 0.3) is 0 Å². The number of hydrogen-bond donors (Lipinski definition) is 2. The molecular weight excluding hydrogens is 248 g/mol. The first kappa shape index (κ1) is 15.0. The molecule has 0 bridgehead atoms. The maximum absolute atomic E-state index is 11.7. The van der Waals surface area contributed by atoms with Crippen LogP contribution < -0.4 is 0 Å². The molecule has 0 fully saturated rings. The highest BCUT2D eigenvalue weighted by Crippen LogP contribution is 2.22. The molecule has 0 aliphatic carbocycles. The molecule has 0 spiro atoms. The molecule has 0 saturated carbocycles. The third kappa shape index (κ3) is 4.99. The quantitative estimate of drug-likeness (QED) is 0.342. The molecule has 0 heterocycles. The van der Waals surface area contributed by atoms with E-state index in [1.165, 1.54) is 12.1 Å². The van der Waals surface area contributed by atoms with E-state index in [9.17, 15) is 19.8 Å². The van der Waals surface area contributed by atoms with Crippen LogP contribution in [0, 0.1) is 0 Å². The highest BCUT2D eigenvalue weighted by Gasteiger charge is 2.14. The molecule has 5 nitrogen and oxygen atoms in total. The molecule has 0 atom stereocenters. The molecule has 5 heteroatoms. The van der Waals surface area contributed by atoms with E-state index in [0.29, 0.717) is 0 Å². The first-order chi connectivity index (χ1) is 9.04. The van der Waals surface area contributed by atoms with Crippen LogP contribution in [-0.4, -0.2) is 28.6 Å². The van der Waals surface area contributed by atoms with Crippen LogP contribution >= 0.6 is 0 Å². The Morgan fingerprint density at radius 3 is 2.63 bits per heavy atom. The average Bonchev–Trinajstić information content (AvgIpc) is 2.39. The molecule has 0 aliphatic heterocycles. The van der Waals surface area contributed by atoms with Gasteiger partial charge in [0.05, 0.1) is 5.56 Å². The number of aromatic hydroxyl groups is 2. The minimum Gasteiger partial charge on any atom is -0.508 e. The summed E-state index contributed by atoms with van der Waals surface area (Å²) in [7, 11) is 0. The Hall–Kier alpha value is -2.04. The van der Waals surface area contributed by atoms with Crippen LogP contribution in [0.1, 0.15) is 43.0 Å². The molecular formula is C14H18O5. The van der Waals surface area contributed by atoms with Gasteiger partial charge in [0, 0.05) is 6.42 Å². The number of carbonyl (C=O) groups is 2. The maximum Gasteiger partial charge on any atom is 0.306 e. The molecule has 1 rings (SSSR count). The lowest BCUT2D eigenvalue weighted by molar-refractivity contribution is -0.142. The average molecular weight is 266 g/mol. The zero-order valence-corrected chi connectivity index (χ0v) is 10.9. The fourth-order valence-electron chi connectivity index (χ4n) is 1.56. The van der Waals surface area contributed by atoms with E-state index >= 15 is 0 Å². The normalized spacial score (nSPS) is 10.2. The Kier molecular flexibility index (Phi) is 5.85. The Labute approximate surface area is 111 Å². The van der Waals surface area contributed by atoms with E-state index in [2.05, 4.69) is 0 Å². The number of phenols is 2. The van der Waals surface area contributed by atoms with E-state index in [-0.39, 0.29) is 23.5 Å². The first-order valence-electron chi connectivity index (χ1n) is 6.25. The van der Waals surface area contributed by atoms with Gasteiger partial charge in [0.15, 0.2) is 6.61 Å². The number of Topliss-reactive ketones (excluding diaryl/α,β-unsaturated/α-hetero) is 1. The number of hydrogen-bond acceptors (Lipinski definition) is 5. The van der Waals surface area contributed by atoms with Crippen molar-refractivity contribution in [1.82, 2.24) is 0 Å². The molecule has 2 N–H and O–H groups in total. The van der Waals surface area contributed by atoms with Crippen molar-refractivity contribution in [3.63, 3.8) is 0 Å². The fraction of sp³-hybridized carbons (Fsp3) is 0.429. The second-order valence-electron chi connectivity index (χ2n) is 4.24. The topological polar surface area (TPSA) is 83.8 Å². The van der Waals surface area contributed by atoms with Crippen molar-refractivity contribution >= 4 is 11.8 Å². The van der Waals surface area contributed by atoms with E-state index in [0.717, 1.165) is 25.3 Å². The lowest BCUT2D eigenvalue weighted by Crippen LogP contribution is -2.14. The summed E-state index contributed by atoms with van der Waals surface area (Å²) in [5, 5.41) is 18.7. The zero-order valence-electron chi connectivity index (χ0n) is 10.9. The minimum atomic E-state index is -0.544. The van der Waals surface area contributed by atoms with Crippen molar-refractivity contribution in [3.8, 4) is 11.5 Å². The van der Waals surface area contributed by atoms with Crippen molar-refractivity contribution in [3.05, 3.63) is 23.8 Å². The third-order valence-corrected chi connectivity index (χ3v) is 2.63. The predicted molar refractivity (Wildman–Crippen MR) is 69.2 cm³/mol. The summed E-state index contributed by atoms with van der Waals surface area (Å²) in [6, 6.07) is 3.62. The first-order valence-corrected chi connectivity index (χ1v) is 6.25. The Balaban J connectivity index is 2.47. The van der Waals surface area contributed by atoms with Gasteiger partial charge in [-0.1, -0.05) is 19.8 Å². The van der Waals surface area contributed by atoms with Gasteiger partial charge in [-0.2, -0.15) is 0 Å². The van der Waals surface area contributed by atoms with Crippen molar-refractivity contribution in [2.24, 2.45) is 0 Å². The van der Waals surface area contributed by atoms with Crippen LogP contribution in [0.25, 0.3) is 0 Å². The van der Waals surface area contributed by atoms with Crippen LogP contribution in [0.3, 0.4) is 0 Å². The third-order valence-electron chi connectivity index (χ3n) is 2.63. The summed E-state index contributed by atoms with van der Waals surface area (Å²) in [6.45, 7) is 1.60. The lowest BCUT2D eigenvalue weighted by Gasteiger charge is -2.06. The van der Waals surface area contributed by atoms with E-state index in [4.69, 9.17) is 4.74 Å².